The topological polar surface area (TPSA) is 29.5 Å². The summed E-state index contributed by atoms with van der Waals surface area (Å²) in [7, 11) is 0. The van der Waals surface area contributed by atoms with E-state index in [4.69, 9.17) is 4.74 Å². The highest BCUT2D eigenvalue weighted by Crippen LogP contribution is 2.62. The van der Waals surface area contributed by atoms with E-state index in [9.17, 15) is 5.11 Å². The summed E-state index contributed by atoms with van der Waals surface area (Å²) in [5.74, 6) is 1.96. The highest BCUT2D eigenvalue weighted by Gasteiger charge is 2.67. The molecule has 0 unspecified atom stereocenters. The summed E-state index contributed by atoms with van der Waals surface area (Å²) in [5.41, 5.74) is -1.01. The van der Waals surface area contributed by atoms with E-state index in [1.807, 2.05) is 0 Å². The minimum absolute atomic E-state index is 0.0336. The summed E-state index contributed by atoms with van der Waals surface area (Å²) in [4.78, 5) is 0. The van der Waals surface area contributed by atoms with Gasteiger partial charge in [0.05, 0.1) is 16.8 Å². The van der Waals surface area contributed by atoms with Crippen molar-refractivity contribution < 1.29 is 9.84 Å². The van der Waals surface area contributed by atoms with E-state index in [0.717, 1.165) is 19.3 Å². The fraction of sp³-hybridized carbons (Fsp3) is 1.00. The average Bonchev–Trinajstić information content (AvgIpc) is 2.57. The Morgan fingerprint density at radius 2 is 1.82 bits per heavy atom. The minimum atomic E-state index is -0.603. The van der Waals surface area contributed by atoms with Gasteiger partial charge in [0, 0.05) is 6.42 Å². The maximum Gasteiger partial charge on any atom is 0.0958 e. The molecule has 3 fully saturated rings. The maximum atomic E-state index is 11.0. The Bertz CT molecular complexity index is 338. The molecule has 0 radical (unpaired) electrons. The van der Waals surface area contributed by atoms with Crippen LogP contribution in [0.15, 0.2) is 0 Å². The molecule has 0 amide bonds. The molecule has 2 bridgehead atoms. The lowest BCUT2D eigenvalue weighted by Crippen LogP contribution is -2.47. The number of hydrogen-bond acceptors (Lipinski definition) is 2. The van der Waals surface area contributed by atoms with Crippen molar-refractivity contribution >= 4 is 0 Å². The summed E-state index contributed by atoms with van der Waals surface area (Å²) < 4.78 is 6.50. The second kappa shape index (κ2) is 3.27. The molecule has 1 aliphatic heterocycles. The van der Waals surface area contributed by atoms with Gasteiger partial charge in [0.15, 0.2) is 0 Å². The zero-order valence-corrected chi connectivity index (χ0v) is 11.6. The van der Waals surface area contributed by atoms with Crippen LogP contribution in [0.25, 0.3) is 0 Å². The van der Waals surface area contributed by atoms with Crippen molar-refractivity contribution in [2.75, 3.05) is 0 Å². The SMILES string of the molecule is C[C@H]1CC[C@]2(O)C[C@@]3(OC2(C)C)[C@@H]1CC[C@@H]3C. The van der Waals surface area contributed by atoms with E-state index in [1.165, 1.54) is 12.8 Å². The summed E-state index contributed by atoms with van der Waals surface area (Å²) in [6.45, 7) is 8.84. The van der Waals surface area contributed by atoms with E-state index in [-0.39, 0.29) is 11.2 Å². The first-order chi connectivity index (χ1) is 7.81. The van der Waals surface area contributed by atoms with Crippen molar-refractivity contribution in [2.24, 2.45) is 17.8 Å². The molecule has 0 aromatic rings. The Morgan fingerprint density at radius 1 is 1.12 bits per heavy atom. The van der Waals surface area contributed by atoms with Gasteiger partial charge in [0.1, 0.15) is 0 Å². The van der Waals surface area contributed by atoms with Crippen molar-refractivity contribution in [2.45, 2.75) is 76.6 Å². The summed E-state index contributed by atoms with van der Waals surface area (Å²) in [6, 6.07) is 0. The van der Waals surface area contributed by atoms with Crippen LogP contribution in [0, 0.1) is 17.8 Å². The number of ether oxygens (including phenoxy) is 1. The number of aliphatic hydroxyl groups is 1. The zero-order valence-electron chi connectivity index (χ0n) is 11.6. The van der Waals surface area contributed by atoms with Crippen LogP contribution in [0.3, 0.4) is 0 Å². The summed E-state index contributed by atoms with van der Waals surface area (Å²) in [5, 5.41) is 11.0. The standard InChI is InChI=1S/C15H26O2/c1-10-7-8-14(16)9-15(17-13(14,3)4)11(2)5-6-12(10)15/h10-12,16H,5-9H2,1-4H3/t10-,11-,12+,14-,15-/m0/s1. The van der Waals surface area contributed by atoms with E-state index < -0.39 is 5.60 Å². The first-order valence-corrected chi connectivity index (χ1v) is 7.23. The first-order valence-electron chi connectivity index (χ1n) is 7.23. The molecule has 2 aliphatic carbocycles. The first kappa shape index (κ1) is 12.0. The molecule has 98 valence electrons. The molecular formula is C15H26O2. The van der Waals surface area contributed by atoms with Gasteiger partial charge in [-0.05, 0) is 57.3 Å². The van der Waals surface area contributed by atoms with Gasteiger partial charge in [0.25, 0.3) is 0 Å². The molecule has 1 heterocycles. The number of rotatable bonds is 0. The summed E-state index contributed by atoms with van der Waals surface area (Å²) in [6.07, 6.45) is 5.48. The Morgan fingerprint density at radius 3 is 2.53 bits per heavy atom. The second-order valence-electron chi connectivity index (χ2n) is 7.38. The van der Waals surface area contributed by atoms with Crippen LogP contribution in [0.4, 0.5) is 0 Å². The zero-order chi connectivity index (χ0) is 12.5. The Kier molecular flexibility index (Phi) is 2.30. The molecule has 0 aromatic carbocycles. The van der Waals surface area contributed by atoms with E-state index in [0.29, 0.717) is 17.8 Å². The molecule has 2 saturated carbocycles. The van der Waals surface area contributed by atoms with Crippen LogP contribution in [0.5, 0.6) is 0 Å². The third-order valence-corrected chi connectivity index (χ3v) is 6.21. The van der Waals surface area contributed by atoms with E-state index in [1.54, 1.807) is 0 Å². The van der Waals surface area contributed by atoms with Gasteiger partial charge in [0.2, 0.25) is 0 Å². The average molecular weight is 238 g/mol. The van der Waals surface area contributed by atoms with E-state index in [2.05, 4.69) is 27.7 Å². The van der Waals surface area contributed by atoms with Gasteiger partial charge in [-0.1, -0.05) is 13.8 Å². The van der Waals surface area contributed by atoms with Crippen LogP contribution in [0.2, 0.25) is 0 Å². The molecule has 0 aromatic heterocycles. The predicted molar refractivity (Wildman–Crippen MR) is 67.7 cm³/mol. The monoisotopic (exact) mass is 238 g/mol. The van der Waals surface area contributed by atoms with Crippen LogP contribution in [-0.4, -0.2) is 21.9 Å². The molecule has 5 atom stereocenters. The Hall–Kier alpha value is -0.0800. The molecule has 3 rings (SSSR count). The van der Waals surface area contributed by atoms with Crippen molar-refractivity contribution in [3.63, 3.8) is 0 Å². The van der Waals surface area contributed by atoms with E-state index >= 15 is 0 Å². The third-order valence-electron chi connectivity index (χ3n) is 6.21. The lowest BCUT2D eigenvalue weighted by molar-refractivity contribution is -0.172. The number of hydrogen-bond donors (Lipinski definition) is 1. The van der Waals surface area contributed by atoms with Gasteiger partial charge < -0.3 is 9.84 Å². The third kappa shape index (κ3) is 1.34. The van der Waals surface area contributed by atoms with Crippen LogP contribution < -0.4 is 0 Å². The second-order valence-corrected chi connectivity index (χ2v) is 7.38. The Balaban J connectivity index is 2.07. The predicted octanol–water partition coefficient (Wildman–Crippen LogP) is 3.13. The van der Waals surface area contributed by atoms with Crippen molar-refractivity contribution in [3.8, 4) is 0 Å². The molecule has 17 heavy (non-hydrogen) atoms. The molecule has 2 heteroatoms. The van der Waals surface area contributed by atoms with Gasteiger partial charge in [-0.25, -0.2) is 0 Å². The highest BCUT2D eigenvalue weighted by molar-refractivity contribution is 5.17. The molecule has 1 N–H and O–H groups in total. The van der Waals surface area contributed by atoms with Crippen molar-refractivity contribution in [1.29, 1.82) is 0 Å². The van der Waals surface area contributed by atoms with Crippen molar-refractivity contribution in [1.82, 2.24) is 0 Å². The molecule has 3 aliphatic rings. The van der Waals surface area contributed by atoms with Crippen LogP contribution in [0.1, 0.15) is 59.8 Å². The largest absolute Gasteiger partial charge is 0.387 e. The number of fused-ring (bicyclic) bond motifs is 1. The van der Waals surface area contributed by atoms with Crippen LogP contribution in [-0.2, 0) is 4.74 Å². The minimum Gasteiger partial charge on any atom is -0.387 e. The normalized spacial score (nSPS) is 56.6. The fourth-order valence-electron chi connectivity index (χ4n) is 4.86. The molecule has 1 spiro atoms. The van der Waals surface area contributed by atoms with Gasteiger partial charge in [-0.3, -0.25) is 0 Å². The fourth-order valence-corrected chi connectivity index (χ4v) is 4.86. The smallest absolute Gasteiger partial charge is 0.0958 e. The van der Waals surface area contributed by atoms with Crippen molar-refractivity contribution in [3.05, 3.63) is 0 Å². The molecule has 2 nitrogen and oxygen atoms in total. The maximum absolute atomic E-state index is 11.0. The Labute approximate surface area is 105 Å². The molecule has 1 saturated heterocycles. The molecular weight excluding hydrogens is 212 g/mol. The van der Waals surface area contributed by atoms with Gasteiger partial charge in [-0.2, -0.15) is 0 Å². The quantitative estimate of drug-likeness (QED) is 0.702. The lowest BCUT2D eigenvalue weighted by Gasteiger charge is -2.41. The van der Waals surface area contributed by atoms with Crippen LogP contribution >= 0.6 is 0 Å². The highest BCUT2D eigenvalue weighted by atomic mass is 16.6. The van der Waals surface area contributed by atoms with Gasteiger partial charge in [-0.15, -0.1) is 0 Å². The summed E-state index contributed by atoms with van der Waals surface area (Å²) >= 11 is 0. The van der Waals surface area contributed by atoms with Gasteiger partial charge >= 0.3 is 0 Å². The lowest BCUT2D eigenvalue weighted by atomic mass is 9.75.